The predicted octanol–water partition coefficient (Wildman–Crippen LogP) is 2.38. The van der Waals surface area contributed by atoms with Gasteiger partial charge in [0.25, 0.3) is 0 Å². The number of hydrogen-bond donors (Lipinski definition) is 1. The summed E-state index contributed by atoms with van der Waals surface area (Å²) < 4.78 is 12.9. The van der Waals surface area contributed by atoms with Crippen LogP contribution in [0.2, 0.25) is 0 Å². The Morgan fingerprint density at radius 2 is 1.83 bits per heavy atom. The number of carbonyl (C=O) groups excluding carboxylic acids is 2. The number of piperidine rings is 1. The number of hydrogen-bond acceptors (Lipinski definition) is 2. The summed E-state index contributed by atoms with van der Waals surface area (Å²) in [7, 11) is 0. The van der Waals surface area contributed by atoms with E-state index in [1.54, 1.807) is 17.0 Å². The number of likely N-dealkylation sites (tertiary alicyclic amines) is 1. The number of benzene rings is 1. The first-order valence-electron chi connectivity index (χ1n) is 8.25. The van der Waals surface area contributed by atoms with Crippen LogP contribution in [0.5, 0.6) is 0 Å². The van der Waals surface area contributed by atoms with E-state index in [4.69, 9.17) is 0 Å². The van der Waals surface area contributed by atoms with Gasteiger partial charge in [0, 0.05) is 25.6 Å². The van der Waals surface area contributed by atoms with Gasteiger partial charge in [-0.15, -0.1) is 0 Å². The normalized spacial score (nSPS) is 15.7. The van der Waals surface area contributed by atoms with Crippen LogP contribution in [-0.4, -0.2) is 36.3 Å². The fourth-order valence-corrected chi connectivity index (χ4v) is 2.73. The van der Waals surface area contributed by atoms with E-state index in [-0.39, 0.29) is 30.0 Å². The molecule has 0 aromatic heterocycles. The summed E-state index contributed by atoms with van der Waals surface area (Å²) in [6, 6.07) is 6.01. The van der Waals surface area contributed by atoms with E-state index in [0.717, 1.165) is 5.56 Å². The van der Waals surface area contributed by atoms with Crippen LogP contribution in [0.3, 0.4) is 0 Å². The Balaban J connectivity index is 1.78. The van der Waals surface area contributed by atoms with Crippen LogP contribution >= 0.6 is 0 Å². The van der Waals surface area contributed by atoms with Gasteiger partial charge in [-0.3, -0.25) is 9.59 Å². The Kier molecular flexibility index (Phi) is 6.13. The predicted molar refractivity (Wildman–Crippen MR) is 87.3 cm³/mol. The highest BCUT2D eigenvalue weighted by Crippen LogP contribution is 2.18. The fraction of sp³-hybridized carbons (Fsp3) is 0.556. The number of amides is 2. The molecule has 0 spiro atoms. The molecule has 4 nitrogen and oxygen atoms in total. The number of rotatable bonds is 5. The lowest BCUT2D eigenvalue weighted by molar-refractivity contribution is -0.135. The molecular weight excluding hydrogens is 295 g/mol. The van der Waals surface area contributed by atoms with E-state index in [0.29, 0.717) is 38.4 Å². The van der Waals surface area contributed by atoms with Gasteiger partial charge in [-0.05, 0) is 36.5 Å². The molecule has 0 bridgehead atoms. The summed E-state index contributed by atoms with van der Waals surface area (Å²) in [6.07, 6.45) is 1.70. The highest BCUT2D eigenvalue weighted by molar-refractivity contribution is 5.81. The van der Waals surface area contributed by atoms with Crippen LogP contribution < -0.4 is 5.32 Å². The highest BCUT2D eigenvalue weighted by Gasteiger charge is 2.27. The van der Waals surface area contributed by atoms with Crippen molar-refractivity contribution in [3.8, 4) is 0 Å². The molecule has 2 rings (SSSR count). The molecule has 1 saturated heterocycles. The van der Waals surface area contributed by atoms with Crippen LogP contribution in [0, 0.1) is 17.7 Å². The zero-order chi connectivity index (χ0) is 16.8. The Hall–Kier alpha value is -1.91. The second kappa shape index (κ2) is 8.09. The number of nitrogens with zero attached hydrogens (tertiary/aromatic N) is 1. The first kappa shape index (κ1) is 17.4. The van der Waals surface area contributed by atoms with E-state index < -0.39 is 0 Å². The minimum absolute atomic E-state index is 0.00335. The lowest BCUT2D eigenvalue weighted by Gasteiger charge is -2.31. The van der Waals surface area contributed by atoms with Gasteiger partial charge in [-0.2, -0.15) is 0 Å². The smallest absolute Gasteiger partial charge is 0.226 e. The summed E-state index contributed by atoms with van der Waals surface area (Å²) >= 11 is 0. The third-order valence-corrected chi connectivity index (χ3v) is 4.17. The van der Waals surface area contributed by atoms with Crippen molar-refractivity contribution in [2.24, 2.45) is 11.8 Å². The molecule has 1 N–H and O–H groups in total. The minimum atomic E-state index is -0.297. The van der Waals surface area contributed by atoms with Gasteiger partial charge in [0.1, 0.15) is 5.82 Å². The Bertz CT molecular complexity index is 534. The van der Waals surface area contributed by atoms with Crippen LogP contribution in [0.15, 0.2) is 24.3 Å². The molecule has 0 radical (unpaired) electrons. The molecule has 1 aromatic carbocycles. The molecule has 1 aromatic rings. The molecule has 1 aliphatic heterocycles. The van der Waals surface area contributed by atoms with Crippen LogP contribution in [-0.2, 0) is 16.0 Å². The Morgan fingerprint density at radius 1 is 1.22 bits per heavy atom. The monoisotopic (exact) mass is 320 g/mol. The fourth-order valence-electron chi connectivity index (χ4n) is 2.73. The molecule has 1 fully saturated rings. The lowest BCUT2D eigenvalue weighted by Crippen LogP contribution is -2.44. The number of nitrogens with one attached hydrogen (secondary N) is 1. The van der Waals surface area contributed by atoms with Gasteiger partial charge in [0.2, 0.25) is 11.8 Å². The highest BCUT2D eigenvalue weighted by atomic mass is 19.1. The summed E-state index contributed by atoms with van der Waals surface area (Å²) in [4.78, 5) is 26.1. The molecule has 5 heteroatoms. The zero-order valence-corrected chi connectivity index (χ0v) is 13.8. The Labute approximate surface area is 137 Å². The molecule has 126 valence electrons. The minimum Gasteiger partial charge on any atom is -0.356 e. The van der Waals surface area contributed by atoms with Crippen molar-refractivity contribution in [3.63, 3.8) is 0 Å². The molecular formula is C18H25FN2O2. The van der Waals surface area contributed by atoms with Crippen LogP contribution in [0.25, 0.3) is 0 Å². The molecule has 23 heavy (non-hydrogen) atoms. The second-order valence-corrected chi connectivity index (χ2v) is 6.60. The van der Waals surface area contributed by atoms with Gasteiger partial charge in [0.15, 0.2) is 0 Å². The SMILES string of the molecule is CC(C)CNC(=O)C1CCN(C(=O)Cc2ccc(F)cc2)CC1. The third-order valence-electron chi connectivity index (χ3n) is 4.17. The van der Waals surface area contributed by atoms with Gasteiger partial charge in [-0.25, -0.2) is 4.39 Å². The van der Waals surface area contributed by atoms with Crippen molar-refractivity contribution < 1.29 is 14.0 Å². The standard InChI is InChI=1S/C18H25FN2O2/c1-13(2)12-20-18(23)15-7-9-21(10-8-15)17(22)11-14-3-5-16(19)6-4-14/h3-6,13,15H,7-12H2,1-2H3,(H,20,23). The molecule has 0 unspecified atom stereocenters. The lowest BCUT2D eigenvalue weighted by atomic mass is 9.95. The topological polar surface area (TPSA) is 49.4 Å². The molecule has 0 saturated carbocycles. The molecule has 0 atom stereocenters. The number of halogens is 1. The first-order valence-corrected chi connectivity index (χ1v) is 8.25. The van der Waals surface area contributed by atoms with E-state index >= 15 is 0 Å². The average Bonchev–Trinajstić information content (AvgIpc) is 2.55. The molecule has 2 amide bonds. The zero-order valence-electron chi connectivity index (χ0n) is 13.8. The van der Waals surface area contributed by atoms with Gasteiger partial charge in [0.05, 0.1) is 6.42 Å². The van der Waals surface area contributed by atoms with Crippen molar-refractivity contribution in [1.82, 2.24) is 10.2 Å². The first-order chi connectivity index (χ1) is 11.0. The molecule has 0 aliphatic carbocycles. The quantitative estimate of drug-likeness (QED) is 0.905. The van der Waals surface area contributed by atoms with E-state index in [1.807, 2.05) is 0 Å². The van der Waals surface area contributed by atoms with Gasteiger partial charge >= 0.3 is 0 Å². The van der Waals surface area contributed by atoms with E-state index in [9.17, 15) is 14.0 Å². The maximum absolute atomic E-state index is 12.9. The summed E-state index contributed by atoms with van der Waals surface area (Å²) in [5.41, 5.74) is 0.813. The summed E-state index contributed by atoms with van der Waals surface area (Å²) in [6.45, 7) is 6.05. The van der Waals surface area contributed by atoms with Gasteiger partial charge in [-0.1, -0.05) is 26.0 Å². The van der Waals surface area contributed by atoms with E-state index in [1.165, 1.54) is 12.1 Å². The van der Waals surface area contributed by atoms with Crippen molar-refractivity contribution in [2.45, 2.75) is 33.1 Å². The van der Waals surface area contributed by atoms with Crippen molar-refractivity contribution in [1.29, 1.82) is 0 Å². The van der Waals surface area contributed by atoms with E-state index in [2.05, 4.69) is 19.2 Å². The Morgan fingerprint density at radius 3 is 2.39 bits per heavy atom. The number of carbonyl (C=O) groups is 2. The molecule has 1 aliphatic rings. The maximum atomic E-state index is 12.9. The summed E-state index contributed by atoms with van der Waals surface area (Å²) in [5.74, 6) is 0.288. The van der Waals surface area contributed by atoms with Crippen molar-refractivity contribution >= 4 is 11.8 Å². The summed E-state index contributed by atoms with van der Waals surface area (Å²) in [5, 5.41) is 2.96. The largest absolute Gasteiger partial charge is 0.356 e. The van der Waals surface area contributed by atoms with Crippen molar-refractivity contribution in [2.75, 3.05) is 19.6 Å². The van der Waals surface area contributed by atoms with Crippen molar-refractivity contribution in [3.05, 3.63) is 35.6 Å². The second-order valence-electron chi connectivity index (χ2n) is 6.60. The van der Waals surface area contributed by atoms with Crippen LogP contribution in [0.1, 0.15) is 32.3 Å². The van der Waals surface area contributed by atoms with Gasteiger partial charge < -0.3 is 10.2 Å². The van der Waals surface area contributed by atoms with Crippen LogP contribution in [0.4, 0.5) is 4.39 Å². The molecule has 1 heterocycles. The third kappa shape index (κ3) is 5.34. The average molecular weight is 320 g/mol. The maximum Gasteiger partial charge on any atom is 0.226 e.